The van der Waals surface area contributed by atoms with Gasteiger partial charge < -0.3 is 5.32 Å². The van der Waals surface area contributed by atoms with E-state index in [2.05, 4.69) is 20.2 Å². The molecule has 0 fully saturated rings. The molecule has 1 amide bonds. The van der Waals surface area contributed by atoms with E-state index < -0.39 is 15.8 Å². The lowest BCUT2D eigenvalue weighted by Crippen LogP contribution is -2.25. The van der Waals surface area contributed by atoms with Crippen molar-refractivity contribution in [2.75, 3.05) is 0 Å². The summed E-state index contributed by atoms with van der Waals surface area (Å²) in [6.07, 6.45) is 1.45. The average Bonchev–Trinajstić information content (AvgIpc) is 3.32. The number of aromatic amines is 1. The molecule has 0 radical (unpaired) electrons. The Morgan fingerprint density at radius 2 is 1.64 bits per heavy atom. The van der Waals surface area contributed by atoms with Gasteiger partial charge in [-0.15, -0.1) is 0 Å². The molecule has 0 saturated carbocycles. The molecule has 0 aliphatic heterocycles. The normalized spacial score (nSPS) is 11.3. The largest absolute Gasteiger partial charge is 0.348 e. The highest BCUT2D eigenvalue weighted by atomic mass is 32.2. The summed E-state index contributed by atoms with van der Waals surface area (Å²) in [5, 5.41) is 9.61. The number of hydrogen-bond donors (Lipinski definition) is 3. The molecule has 3 N–H and O–H groups in total. The molecule has 7 nitrogen and oxygen atoms in total. The zero-order valence-electron chi connectivity index (χ0n) is 17.5. The first-order valence-corrected chi connectivity index (χ1v) is 11.6. The molecule has 0 unspecified atom stereocenters. The van der Waals surface area contributed by atoms with Crippen molar-refractivity contribution < 1.29 is 17.6 Å². The number of nitrogens with one attached hydrogen (secondary N) is 3. The van der Waals surface area contributed by atoms with E-state index in [1.165, 1.54) is 36.5 Å². The van der Waals surface area contributed by atoms with Gasteiger partial charge in [-0.3, -0.25) is 9.89 Å². The molecule has 0 bridgehead atoms. The molecule has 9 heteroatoms. The lowest BCUT2D eigenvalue weighted by atomic mass is 10.1. The summed E-state index contributed by atoms with van der Waals surface area (Å²) in [5.41, 5.74) is 2.95. The molecule has 33 heavy (non-hydrogen) atoms. The summed E-state index contributed by atoms with van der Waals surface area (Å²) < 4.78 is 41.1. The highest BCUT2D eigenvalue weighted by Crippen LogP contribution is 2.20. The van der Waals surface area contributed by atoms with Gasteiger partial charge in [-0.25, -0.2) is 17.5 Å². The highest BCUT2D eigenvalue weighted by Gasteiger charge is 2.17. The maximum Gasteiger partial charge on any atom is 0.255 e. The van der Waals surface area contributed by atoms with E-state index in [0.29, 0.717) is 22.4 Å². The molecule has 1 aromatic heterocycles. The van der Waals surface area contributed by atoms with Crippen LogP contribution in [-0.4, -0.2) is 24.5 Å². The summed E-state index contributed by atoms with van der Waals surface area (Å²) in [5.74, 6) is -0.766. The second kappa shape index (κ2) is 9.76. The van der Waals surface area contributed by atoms with Crippen LogP contribution >= 0.6 is 0 Å². The molecule has 168 valence electrons. The Kier molecular flexibility index (Phi) is 6.62. The minimum Gasteiger partial charge on any atom is -0.348 e. The summed E-state index contributed by atoms with van der Waals surface area (Å²) in [4.78, 5) is 12.8. The number of nitrogens with zero attached hydrogens (tertiary/aromatic N) is 1. The molecule has 4 aromatic rings. The molecular formula is C24H21FN4O3S. The molecule has 0 saturated heterocycles. The fourth-order valence-corrected chi connectivity index (χ4v) is 4.38. The van der Waals surface area contributed by atoms with Gasteiger partial charge in [0.25, 0.3) is 5.91 Å². The number of carbonyl (C=O) groups is 1. The Balaban J connectivity index is 1.42. The lowest BCUT2D eigenvalue weighted by Gasteiger charge is -2.10. The van der Waals surface area contributed by atoms with Crippen LogP contribution in [0.2, 0.25) is 0 Å². The van der Waals surface area contributed by atoms with Crippen LogP contribution in [0.5, 0.6) is 0 Å². The van der Waals surface area contributed by atoms with Gasteiger partial charge in [-0.05, 0) is 35.4 Å². The van der Waals surface area contributed by atoms with Crippen molar-refractivity contribution in [1.82, 2.24) is 20.2 Å². The van der Waals surface area contributed by atoms with Crippen LogP contribution < -0.4 is 10.0 Å². The summed E-state index contributed by atoms with van der Waals surface area (Å²) in [7, 11) is -3.82. The van der Waals surface area contributed by atoms with Crippen molar-refractivity contribution in [2.24, 2.45) is 0 Å². The first-order chi connectivity index (χ1) is 15.9. The van der Waals surface area contributed by atoms with Crippen molar-refractivity contribution in [3.8, 4) is 11.3 Å². The molecule has 1 heterocycles. The van der Waals surface area contributed by atoms with Gasteiger partial charge in [0.1, 0.15) is 5.82 Å². The topological polar surface area (TPSA) is 104 Å². The number of aromatic nitrogens is 2. The fourth-order valence-electron chi connectivity index (χ4n) is 3.29. The van der Waals surface area contributed by atoms with Crippen molar-refractivity contribution in [1.29, 1.82) is 0 Å². The van der Waals surface area contributed by atoms with Crippen LogP contribution in [0.3, 0.4) is 0 Å². The van der Waals surface area contributed by atoms with Gasteiger partial charge in [0.15, 0.2) is 0 Å². The van der Waals surface area contributed by atoms with E-state index in [0.717, 1.165) is 5.56 Å². The Morgan fingerprint density at radius 3 is 2.39 bits per heavy atom. The van der Waals surface area contributed by atoms with Crippen LogP contribution in [0.15, 0.2) is 90.0 Å². The number of rotatable bonds is 8. The van der Waals surface area contributed by atoms with Gasteiger partial charge in [0.2, 0.25) is 10.0 Å². The first-order valence-electron chi connectivity index (χ1n) is 10.1. The summed E-state index contributed by atoms with van der Waals surface area (Å²) >= 11 is 0. The lowest BCUT2D eigenvalue weighted by molar-refractivity contribution is 0.0951. The van der Waals surface area contributed by atoms with E-state index in [4.69, 9.17) is 0 Å². The number of amides is 1. The van der Waals surface area contributed by atoms with Crippen molar-refractivity contribution in [2.45, 2.75) is 18.0 Å². The standard InChI is InChI=1S/C24H21FN4O3S/c25-20-10-4-6-17(12-20)15-28-33(31,32)21-11-5-7-18(13-21)14-26-24(30)22-16-27-29-23(22)19-8-2-1-3-9-19/h1-13,16,28H,14-15H2,(H,26,30)(H,27,29). The van der Waals surface area contributed by atoms with Crippen molar-refractivity contribution in [3.63, 3.8) is 0 Å². The maximum atomic E-state index is 13.3. The maximum absolute atomic E-state index is 13.3. The third-order valence-electron chi connectivity index (χ3n) is 4.96. The van der Waals surface area contributed by atoms with Gasteiger partial charge >= 0.3 is 0 Å². The number of H-pyrrole nitrogens is 1. The van der Waals surface area contributed by atoms with Crippen LogP contribution in [-0.2, 0) is 23.1 Å². The smallest absolute Gasteiger partial charge is 0.255 e. The van der Waals surface area contributed by atoms with Crippen LogP contribution in [0.1, 0.15) is 21.5 Å². The van der Waals surface area contributed by atoms with Gasteiger partial charge in [0, 0.05) is 18.7 Å². The van der Waals surface area contributed by atoms with Gasteiger partial charge in [0.05, 0.1) is 22.3 Å². The summed E-state index contributed by atoms with van der Waals surface area (Å²) in [6, 6.07) is 21.4. The molecule has 0 aliphatic carbocycles. The second-order valence-corrected chi connectivity index (χ2v) is 9.08. The Hall–Kier alpha value is -3.82. The second-order valence-electron chi connectivity index (χ2n) is 7.31. The fraction of sp³-hybridized carbons (Fsp3) is 0.0833. The highest BCUT2D eigenvalue weighted by molar-refractivity contribution is 7.89. The van der Waals surface area contributed by atoms with E-state index in [1.807, 2.05) is 30.3 Å². The Morgan fingerprint density at radius 1 is 0.909 bits per heavy atom. The quantitative estimate of drug-likeness (QED) is 0.370. The van der Waals surface area contributed by atoms with Gasteiger partial charge in [-0.2, -0.15) is 5.10 Å². The number of benzene rings is 3. The van der Waals surface area contributed by atoms with E-state index in [-0.39, 0.29) is 23.9 Å². The zero-order chi connectivity index (χ0) is 23.3. The van der Waals surface area contributed by atoms with Crippen molar-refractivity contribution in [3.05, 3.63) is 108 Å². The minimum atomic E-state index is -3.82. The molecular weight excluding hydrogens is 443 g/mol. The van der Waals surface area contributed by atoms with E-state index in [9.17, 15) is 17.6 Å². The zero-order valence-corrected chi connectivity index (χ0v) is 18.3. The van der Waals surface area contributed by atoms with Gasteiger partial charge in [-0.1, -0.05) is 54.6 Å². The van der Waals surface area contributed by atoms with E-state index in [1.54, 1.807) is 18.2 Å². The monoisotopic (exact) mass is 464 g/mol. The number of sulfonamides is 1. The predicted octanol–water partition coefficient (Wildman–Crippen LogP) is 3.62. The molecule has 4 rings (SSSR count). The average molecular weight is 465 g/mol. The summed E-state index contributed by atoms with van der Waals surface area (Å²) in [6.45, 7) is 0.0926. The first kappa shape index (κ1) is 22.4. The molecule has 0 atom stereocenters. The SMILES string of the molecule is O=C(NCc1cccc(S(=O)(=O)NCc2cccc(F)c2)c1)c1cn[nH]c1-c1ccccc1. The Labute approximate surface area is 190 Å². The Bertz CT molecular complexity index is 1370. The third kappa shape index (κ3) is 5.51. The number of carbonyl (C=O) groups excluding carboxylic acids is 1. The van der Waals surface area contributed by atoms with E-state index >= 15 is 0 Å². The number of halogens is 1. The predicted molar refractivity (Wildman–Crippen MR) is 122 cm³/mol. The number of hydrogen-bond acceptors (Lipinski definition) is 4. The van der Waals surface area contributed by atoms with Crippen LogP contribution in [0.25, 0.3) is 11.3 Å². The third-order valence-corrected chi connectivity index (χ3v) is 6.36. The van der Waals surface area contributed by atoms with Crippen LogP contribution in [0, 0.1) is 5.82 Å². The molecule has 0 aliphatic rings. The minimum absolute atomic E-state index is 0.0379. The van der Waals surface area contributed by atoms with Crippen molar-refractivity contribution >= 4 is 15.9 Å². The molecule has 0 spiro atoms. The van der Waals surface area contributed by atoms with Crippen LogP contribution in [0.4, 0.5) is 4.39 Å². The molecule has 3 aromatic carbocycles.